The van der Waals surface area contributed by atoms with Gasteiger partial charge in [0.05, 0.1) is 5.02 Å². The normalized spacial score (nSPS) is 33.9. The minimum Gasteiger partial charge on any atom is -0.330 e. The molecule has 0 aromatic heterocycles. The van der Waals surface area contributed by atoms with Crippen LogP contribution < -0.4 is 5.73 Å². The smallest absolute Gasteiger partial charge is 0.0565 e. The molecule has 162 valence electrons. The molecule has 1 nitrogen and oxygen atoms in total. The van der Waals surface area contributed by atoms with Crippen LogP contribution in [0.5, 0.6) is 0 Å². The summed E-state index contributed by atoms with van der Waals surface area (Å²) in [7, 11) is 0. The second-order valence-corrected chi connectivity index (χ2v) is 11.5. The molecule has 0 saturated heterocycles. The van der Waals surface area contributed by atoms with Crippen LogP contribution in [0.2, 0.25) is 5.02 Å². The molecule has 1 aromatic rings. The molecule has 6 rings (SSSR count). The van der Waals surface area contributed by atoms with Gasteiger partial charge in [0.1, 0.15) is 0 Å². The van der Waals surface area contributed by atoms with Gasteiger partial charge in [-0.05, 0) is 117 Å². The molecule has 0 heterocycles. The van der Waals surface area contributed by atoms with E-state index in [1.54, 1.807) is 0 Å². The molecule has 0 spiro atoms. The minimum absolute atomic E-state index is 0.453. The molecule has 2 heteroatoms. The zero-order valence-electron chi connectivity index (χ0n) is 18.5. The summed E-state index contributed by atoms with van der Waals surface area (Å²) < 4.78 is 0. The summed E-state index contributed by atoms with van der Waals surface area (Å²) in [4.78, 5) is 0. The maximum Gasteiger partial charge on any atom is 0.0565 e. The molecule has 5 aliphatic carbocycles. The lowest BCUT2D eigenvalue weighted by molar-refractivity contribution is -0.00277. The lowest BCUT2D eigenvalue weighted by Crippen LogP contribution is -2.43. The molecule has 4 bridgehead atoms. The second-order valence-electron chi connectivity index (χ2n) is 11.1. The van der Waals surface area contributed by atoms with Gasteiger partial charge >= 0.3 is 0 Å². The van der Waals surface area contributed by atoms with Crippen LogP contribution in [0.4, 0.5) is 0 Å². The van der Waals surface area contributed by atoms with Crippen molar-refractivity contribution < 1.29 is 0 Å². The Hall–Kier alpha value is -0.970. The van der Waals surface area contributed by atoms with E-state index in [0.717, 1.165) is 59.6 Å². The van der Waals surface area contributed by atoms with Gasteiger partial charge < -0.3 is 5.73 Å². The molecule has 30 heavy (non-hydrogen) atoms. The first-order chi connectivity index (χ1) is 14.7. The van der Waals surface area contributed by atoms with Crippen LogP contribution in [0.25, 0.3) is 0 Å². The highest BCUT2D eigenvalue weighted by Crippen LogP contribution is 2.59. The summed E-state index contributed by atoms with van der Waals surface area (Å²) >= 11 is 6.73. The van der Waals surface area contributed by atoms with Crippen LogP contribution in [0.1, 0.15) is 101 Å². The molecule has 0 amide bonds. The van der Waals surface area contributed by atoms with Crippen molar-refractivity contribution in [1.82, 2.24) is 0 Å². The molecule has 5 saturated carbocycles. The second kappa shape index (κ2) is 8.88. The molecule has 0 atom stereocenters. The van der Waals surface area contributed by atoms with E-state index in [0.29, 0.717) is 5.41 Å². The van der Waals surface area contributed by atoms with Gasteiger partial charge in [0, 0.05) is 12.0 Å². The van der Waals surface area contributed by atoms with Gasteiger partial charge in [0.15, 0.2) is 0 Å². The highest BCUT2D eigenvalue weighted by molar-refractivity contribution is 6.31. The first kappa shape index (κ1) is 20.9. The quantitative estimate of drug-likeness (QED) is 0.493. The predicted molar refractivity (Wildman–Crippen MR) is 127 cm³/mol. The number of nitrogens with two attached hydrogens (primary N) is 1. The summed E-state index contributed by atoms with van der Waals surface area (Å²) in [5.41, 5.74) is 8.88. The number of benzene rings is 1. The molecule has 0 radical (unpaired) electrons. The topological polar surface area (TPSA) is 26.0 Å². The van der Waals surface area contributed by atoms with Gasteiger partial charge in [0.2, 0.25) is 0 Å². The van der Waals surface area contributed by atoms with Gasteiger partial charge in [0.25, 0.3) is 0 Å². The predicted octanol–water partition coefficient (Wildman–Crippen LogP) is 7.31. The molecule has 0 unspecified atom stereocenters. The fourth-order valence-electron chi connectivity index (χ4n) is 8.03. The third-order valence-corrected chi connectivity index (χ3v) is 9.51. The van der Waals surface area contributed by atoms with E-state index >= 15 is 0 Å². The van der Waals surface area contributed by atoms with E-state index in [-0.39, 0.29) is 0 Å². The third-order valence-electron chi connectivity index (χ3n) is 9.20. The number of hydrogen-bond acceptors (Lipinski definition) is 1. The molecular weight excluding hydrogens is 386 g/mol. The summed E-state index contributed by atoms with van der Waals surface area (Å²) in [6.07, 6.45) is 17.5. The Morgan fingerprint density at radius 1 is 0.933 bits per heavy atom. The fourth-order valence-corrected chi connectivity index (χ4v) is 8.26. The molecule has 1 aromatic carbocycles. The minimum atomic E-state index is 0.453. The maximum atomic E-state index is 6.73. The van der Waals surface area contributed by atoms with E-state index in [2.05, 4.69) is 30.0 Å². The van der Waals surface area contributed by atoms with E-state index in [1.807, 2.05) is 0 Å². The van der Waals surface area contributed by atoms with Crippen LogP contribution >= 0.6 is 11.6 Å². The zero-order chi connectivity index (χ0) is 20.6. The molecule has 5 fully saturated rings. The van der Waals surface area contributed by atoms with Crippen LogP contribution in [0.3, 0.4) is 0 Å². The molecule has 5 aliphatic rings. The number of hydrogen-bond donors (Lipinski definition) is 1. The van der Waals surface area contributed by atoms with Crippen LogP contribution in [0, 0.1) is 40.9 Å². The van der Waals surface area contributed by atoms with Gasteiger partial charge in [-0.25, -0.2) is 0 Å². The third kappa shape index (κ3) is 4.20. The fraction of sp³-hybridized carbons (Fsp3) is 0.714. The van der Waals surface area contributed by atoms with Gasteiger partial charge in [-0.2, -0.15) is 0 Å². The largest absolute Gasteiger partial charge is 0.330 e. The highest BCUT2D eigenvalue weighted by atomic mass is 35.5. The Labute approximate surface area is 188 Å². The molecular formula is C28H38ClN. The van der Waals surface area contributed by atoms with E-state index in [9.17, 15) is 0 Å². The summed E-state index contributed by atoms with van der Waals surface area (Å²) in [5.74, 6) is 11.5. The average Bonchev–Trinajstić information content (AvgIpc) is 2.73. The number of halogens is 1. The Kier molecular flexibility index (Phi) is 6.19. The maximum absolute atomic E-state index is 6.73. The van der Waals surface area contributed by atoms with Crippen molar-refractivity contribution in [2.75, 3.05) is 6.54 Å². The van der Waals surface area contributed by atoms with Crippen molar-refractivity contribution >= 4 is 11.6 Å². The van der Waals surface area contributed by atoms with Crippen LogP contribution in [0.15, 0.2) is 18.2 Å². The van der Waals surface area contributed by atoms with Crippen LogP contribution in [-0.4, -0.2) is 6.54 Å². The zero-order valence-corrected chi connectivity index (χ0v) is 19.2. The summed E-state index contributed by atoms with van der Waals surface area (Å²) in [6.45, 7) is 0.811. The van der Waals surface area contributed by atoms with E-state index < -0.39 is 0 Å². The Balaban J connectivity index is 1.24. The van der Waals surface area contributed by atoms with Crippen LogP contribution in [-0.2, 0) is 0 Å². The van der Waals surface area contributed by atoms with Crippen molar-refractivity contribution in [3.63, 3.8) is 0 Å². The first-order valence-electron chi connectivity index (χ1n) is 12.6. The SMILES string of the molecule is NCCC1(CCC#Cc2ccc(C3C4CC5CC(C4)CC3C5)cc2Cl)CCCCC1. The van der Waals surface area contributed by atoms with E-state index in [4.69, 9.17) is 17.3 Å². The average molecular weight is 424 g/mol. The van der Waals surface area contributed by atoms with E-state index in [1.165, 1.54) is 76.2 Å². The Morgan fingerprint density at radius 2 is 1.63 bits per heavy atom. The highest BCUT2D eigenvalue weighted by Gasteiger charge is 2.48. The lowest BCUT2D eigenvalue weighted by atomic mass is 9.51. The molecule has 2 N–H and O–H groups in total. The van der Waals surface area contributed by atoms with Gasteiger partial charge in [-0.1, -0.05) is 48.8 Å². The van der Waals surface area contributed by atoms with Crippen molar-refractivity contribution in [2.45, 2.75) is 89.4 Å². The Bertz CT molecular complexity index is 776. The van der Waals surface area contributed by atoms with Crippen molar-refractivity contribution in [3.05, 3.63) is 34.3 Å². The molecule has 0 aliphatic heterocycles. The van der Waals surface area contributed by atoms with Crippen molar-refractivity contribution in [1.29, 1.82) is 0 Å². The summed E-state index contributed by atoms with van der Waals surface area (Å²) in [6, 6.07) is 6.81. The number of rotatable bonds is 5. The standard InChI is InChI=1S/C28H38ClN/c29-26-19-23(27-24-15-20-14-21(17-24)18-25(27)16-20)8-7-22(26)6-2-5-11-28(12-13-30)9-3-1-4-10-28/h7-8,19-21,24-25,27H,1,3-5,9-18,30H2. The van der Waals surface area contributed by atoms with Crippen molar-refractivity contribution in [3.8, 4) is 11.8 Å². The monoisotopic (exact) mass is 423 g/mol. The van der Waals surface area contributed by atoms with Crippen molar-refractivity contribution in [2.24, 2.45) is 34.8 Å². The Morgan fingerprint density at radius 3 is 2.27 bits per heavy atom. The lowest BCUT2D eigenvalue weighted by Gasteiger charge is -2.54. The van der Waals surface area contributed by atoms with Gasteiger partial charge in [-0.3, -0.25) is 0 Å². The first-order valence-corrected chi connectivity index (χ1v) is 13.0. The summed E-state index contributed by atoms with van der Waals surface area (Å²) in [5, 5.41) is 0.864. The van der Waals surface area contributed by atoms with Gasteiger partial charge in [-0.15, -0.1) is 0 Å².